The van der Waals surface area contributed by atoms with E-state index in [9.17, 15) is 0 Å². The molecule has 0 N–H and O–H groups in total. The van der Waals surface area contributed by atoms with Gasteiger partial charge in [-0.25, -0.2) is 0 Å². The SMILES string of the molecule is c1ccc(N2c3ccccc3C3(c4ccccc42)c2cc(-c4cccc(-n5c6ccccc6c6ccccc65)c4)sc2C2(c4ccccc4N(c4ccccc4)c4ccccc42)c2cc(-c4cccc(-n5c6ccccc6c6ccccc65)c4)sc23)cc1. The Labute approximate surface area is 517 Å². The van der Waals surface area contributed by atoms with Crippen LogP contribution in [-0.2, 0) is 10.8 Å². The molecule has 4 nitrogen and oxygen atoms in total. The lowest BCUT2D eigenvalue weighted by Gasteiger charge is -2.53. The molecule has 0 atom stereocenters. The average molecular weight is 1160 g/mol. The van der Waals surface area contributed by atoms with Gasteiger partial charge in [0.2, 0.25) is 0 Å². The summed E-state index contributed by atoms with van der Waals surface area (Å²) in [5, 5.41) is 5.00. The van der Waals surface area contributed by atoms with Crippen LogP contribution in [0, 0.1) is 0 Å². The molecule has 0 unspecified atom stereocenters. The van der Waals surface area contributed by atoms with Crippen LogP contribution in [0.1, 0.15) is 43.1 Å². The smallest absolute Gasteiger partial charge is 0.0850 e. The molecule has 19 rings (SSSR count). The second-order valence-electron chi connectivity index (χ2n) is 23.5. The third kappa shape index (κ3) is 6.68. The molecule has 6 heterocycles. The van der Waals surface area contributed by atoms with E-state index in [-0.39, 0.29) is 0 Å². The predicted molar refractivity (Wildman–Crippen MR) is 368 cm³/mol. The van der Waals surface area contributed by atoms with Crippen molar-refractivity contribution in [3.8, 4) is 32.3 Å². The van der Waals surface area contributed by atoms with Crippen molar-refractivity contribution < 1.29 is 0 Å². The van der Waals surface area contributed by atoms with Gasteiger partial charge in [-0.15, -0.1) is 22.7 Å². The molecule has 0 saturated carbocycles. The molecule has 3 aliphatic rings. The maximum Gasteiger partial charge on any atom is 0.0850 e. The zero-order valence-corrected chi connectivity index (χ0v) is 49.3. The molecular formula is C82H52N4S2. The molecule has 4 aromatic heterocycles. The number of thiophene rings is 2. The molecule has 88 heavy (non-hydrogen) atoms. The average Bonchev–Trinajstić information content (AvgIpc) is 1.25. The summed E-state index contributed by atoms with van der Waals surface area (Å²) in [6.07, 6.45) is 0. The number of rotatable bonds is 6. The number of para-hydroxylation sites is 10. The summed E-state index contributed by atoms with van der Waals surface area (Å²) in [7, 11) is 0. The Morgan fingerprint density at radius 3 is 0.852 bits per heavy atom. The predicted octanol–water partition coefficient (Wildman–Crippen LogP) is 22.0. The van der Waals surface area contributed by atoms with Crippen molar-refractivity contribution in [3.05, 3.63) is 359 Å². The molecule has 0 saturated heterocycles. The third-order valence-corrected chi connectivity index (χ3v) is 21.7. The van der Waals surface area contributed by atoms with Crippen LogP contribution in [0.15, 0.2) is 315 Å². The Balaban J connectivity index is 0.947. The Morgan fingerprint density at radius 2 is 0.511 bits per heavy atom. The van der Waals surface area contributed by atoms with E-state index >= 15 is 0 Å². The number of nitrogens with zero attached hydrogens (tertiary/aromatic N) is 4. The summed E-state index contributed by atoms with van der Waals surface area (Å²) in [6, 6.07) is 118. The molecule has 0 bridgehead atoms. The quantitative estimate of drug-likeness (QED) is 0.165. The highest BCUT2D eigenvalue weighted by Gasteiger charge is 2.61. The molecular weight excluding hydrogens is 1110 g/mol. The lowest BCUT2D eigenvalue weighted by molar-refractivity contribution is 0.634. The van der Waals surface area contributed by atoms with Crippen molar-refractivity contribution in [1.29, 1.82) is 0 Å². The van der Waals surface area contributed by atoms with Crippen molar-refractivity contribution in [1.82, 2.24) is 9.13 Å². The molecule has 0 radical (unpaired) electrons. The summed E-state index contributed by atoms with van der Waals surface area (Å²) >= 11 is 3.95. The Bertz CT molecular complexity index is 4920. The van der Waals surface area contributed by atoms with Gasteiger partial charge in [-0.3, -0.25) is 0 Å². The van der Waals surface area contributed by atoms with Crippen LogP contribution in [0.5, 0.6) is 0 Å². The van der Waals surface area contributed by atoms with Gasteiger partial charge in [0.05, 0.1) is 55.6 Å². The highest BCUT2D eigenvalue weighted by atomic mass is 32.1. The highest BCUT2D eigenvalue weighted by Crippen LogP contribution is 2.71. The first-order chi connectivity index (χ1) is 43.7. The first kappa shape index (κ1) is 49.5. The number of fused-ring (bicyclic) bond motifs is 20. The van der Waals surface area contributed by atoms with Gasteiger partial charge in [-0.1, -0.05) is 206 Å². The fraction of sp³-hybridized carbons (Fsp3) is 0.0244. The van der Waals surface area contributed by atoms with Crippen LogP contribution < -0.4 is 9.80 Å². The zero-order valence-electron chi connectivity index (χ0n) is 47.6. The third-order valence-electron chi connectivity index (χ3n) is 19.1. The van der Waals surface area contributed by atoms with E-state index in [2.05, 4.69) is 334 Å². The first-order valence-corrected chi connectivity index (χ1v) is 31.9. The summed E-state index contributed by atoms with van der Waals surface area (Å²) in [4.78, 5) is 10.1. The minimum Gasteiger partial charge on any atom is -0.310 e. The molecule has 2 spiro atoms. The second kappa shape index (κ2) is 18.9. The summed E-state index contributed by atoms with van der Waals surface area (Å²) in [5.41, 5.74) is 22.4. The maximum absolute atomic E-state index is 2.62. The normalized spacial score (nSPS) is 14.0. The lowest BCUT2D eigenvalue weighted by Crippen LogP contribution is -2.47. The van der Waals surface area contributed by atoms with Gasteiger partial charge in [-0.05, 0) is 154 Å². The molecule has 0 amide bonds. The number of hydrogen-bond acceptors (Lipinski definition) is 4. The molecule has 0 fully saturated rings. The van der Waals surface area contributed by atoms with Gasteiger partial charge in [0.25, 0.3) is 0 Å². The van der Waals surface area contributed by atoms with Crippen molar-refractivity contribution in [2.24, 2.45) is 0 Å². The maximum atomic E-state index is 2.62. The van der Waals surface area contributed by atoms with E-state index in [0.717, 1.165) is 22.7 Å². The number of anilines is 6. The van der Waals surface area contributed by atoms with Crippen molar-refractivity contribution >= 4 is 100 Å². The van der Waals surface area contributed by atoms with E-state index < -0.39 is 10.8 Å². The van der Waals surface area contributed by atoms with E-state index in [1.165, 1.54) is 130 Å². The van der Waals surface area contributed by atoms with Crippen molar-refractivity contribution in [2.45, 2.75) is 10.8 Å². The van der Waals surface area contributed by atoms with E-state index in [1.54, 1.807) is 0 Å². The van der Waals surface area contributed by atoms with Gasteiger partial charge >= 0.3 is 0 Å². The molecule has 412 valence electrons. The van der Waals surface area contributed by atoms with E-state index in [4.69, 9.17) is 0 Å². The second-order valence-corrected chi connectivity index (χ2v) is 25.6. The van der Waals surface area contributed by atoms with Crippen LogP contribution >= 0.6 is 22.7 Å². The number of benzene rings is 12. The van der Waals surface area contributed by atoms with Crippen LogP contribution in [-0.4, -0.2) is 9.13 Å². The van der Waals surface area contributed by atoms with E-state index in [1.807, 2.05) is 22.7 Å². The van der Waals surface area contributed by atoms with Gasteiger partial charge in [-0.2, -0.15) is 0 Å². The Hall–Kier alpha value is -10.8. The van der Waals surface area contributed by atoms with E-state index in [0.29, 0.717) is 0 Å². The van der Waals surface area contributed by atoms with Crippen LogP contribution in [0.25, 0.3) is 75.9 Å². The van der Waals surface area contributed by atoms with Gasteiger partial charge in [0, 0.05) is 63.8 Å². The van der Waals surface area contributed by atoms with Gasteiger partial charge in [0.15, 0.2) is 0 Å². The first-order valence-electron chi connectivity index (χ1n) is 30.2. The van der Waals surface area contributed by atoms with Crippen molar-refractivity contribution in [2.75, 3.05) is 9.80 Å². The lowest BCUT2D eigenvalue weighted by atomic mass is 9.53. The van der Waals surface area contributed by atoms with Gasteiger partial charge in [0.1, 0.15) is 0 Å². The molecule has 1 aliphatic carbocycles. The van der Waals surface area contributed by atoms with Gasteiger partial charge < -0.3 is 18.9 Å². The number of aromatic nitrogens is 2. The fourth-order valence-corrected chi connectivity index (χ4v) is 18.6. The highest BCUT2D eigenvalue weighted by molar-refractivity contribution is 7.17. The minimum atomic E-state index is -0.790. The monoisotopic (exact) mass is 1160 g/mol. The minimum absolute atomic E-state index is 0.790. The topological polar surface area (TPSA) is 16.3 Å². The molecule has 16 aromatic rings. The Kier molecular flexibility index (Phi) is 10.6. The van der Waals surface area contributed by atoms with Crippen LogP contribution in [0.3, 0.4) is 0 Å². The largest absolute Gasteiger partial charge is 0.310 e. The number of hydrogen-bond donors (Lipinski definition) is 0. The Morgan fingerprint density at radius 1 is 0.227 bits per heavy atom. The summed E-state index contributed by atoms with van der Waals surface area (Å²) in [5.74, 6) is 0. The summed E-state index contributed by atoms with van der Waals surface area (Å²) in [6.45, 7) is 0. The molecule has 6 heteroatoms. The molecule has 2 aliphatic heterocycles. The molecule has 12 aromatic carbocycles. The zero-order chi connectivity index (χ0) is 57.7. The van der Waals surface area contributed by atoms with Crippen LogP contribution in [0.4, 0.5) is 34.1 Å². The fourth-order valence-electron chi connectivity index (χ4n) is 15.7. The summed E-state index contributed by atoms with van der Waals surface area (Å²) < 4.78 is 4.91. The standard InChI is InChI=1S/C82H52N4S2/c1-3-27-55(28-4-1)83-73-45-19-11-37-63(73)81(64-38-12-20-46-74(64)83)67-51-77(53-25-23-31-57(49-53)85-69-41-15-7-33-59(69)60-34-8-16-42-70(60)85)88-80(67)82(65-39-13-21-47-75(65)84(56-29-5-2-6-30-56)76-48-22-14-40-66(76)82)68-52-78(87-79(68)81)54-26-24-32-58(50-54)86-71-43-17-9-35-61(71)62-36-10-18-44-72(62)86/h1-52H. The van der Waals surface area contributed by atoms with Crippen molar-refractivity contribution in [3.63, 3.8) is 0 Å². The van der Waals surface area contributed by atoms with Crippen LogP contribution in [0.2, 0.25) is 0 Å².